The van der Waals surface area contributed by atoms with Crippen molar-refractivity contribution in [2.45, 2.75) is 58.2 Å². The van der Waals surface area contributed by atoms with Crippen LogP contribution in [0, 0.1) is 11.6 Å². The molecule has 17 heteroatoms. The number of hydrogen-bond acceptors (Lipinski definition) is 12. The molecule has 5 rings (SSSR count). The molecule has 1 amide bonds. The SMILES string of the molecule is CCOc1cc(F)c(Cn2nc(-c3ncc(OCCCOC(=O)C(C)NC(=O)C(N)CCCCN)c(Nc4ccncc4Cl)n3)c3ccccc32)c(F)c1. The first kappa shape index (κ1) is 39.8. The molecule has 0 spiro atoms. The van der Waals surface area contributed by atoms with Gasteiger partial charge in [-0.1, -0.05) is 36.2 Å². The molecule has 3 aromatic heterocycles. The first-order valence-corrected chi connectivity index (χ1v) is 17.8. The van der Waals surface area contributed by atoms with Crippen molar-refractivity contribution in [3.63, 3.8) is 0 Å². The summed E-state index contributed by atoms with van der Waals surface area (Å²) in [7, 11) is 0. The Morgan fingerprint density at radius 3 is 2.56 bits per heavy atom. The number of unbranched alkanes of at least 4 members (excludes halogenated alkanes) is 1. The van der Waals surface area contributed by atoms with Crippen LogP contribution in [0.4, 0.5) is 20.3 Å². The summed E-state index contributed by atoms with van der Waals surface area (Å²) in [5, 5.41) is 11.4. The molecule has 0 aliphatic heterocycles. The third-order valence-electron chi connectivity index (χ3n) is 8.19. The Bertz CT molecular complexity index is 2050. The van der Waals surface area contributed by atoms with E-state index in [1.807, 2.05) is 12.1 Å². The van der Waals surface area contributed by atoms with Gasteiger partial charge in [-0.05, 0) is 45.4 Å². The highest BCUT2D eigenvalue weighted by Gasteiger charge is 2.22. The van der Waals surface area contributed by atoms with Crippen LogP contribution >= 0.6 is 11.6 Å². The molecule has 286 valence electrons. The van der Waals surface area contributed by atoms with Gasteiger partial charge in [-0.15, -0.1) is 0 Å². The molecule has 2 unspecified atom stereocenters. The van der Waals surface area contributed by atoms with Gasteiger partial charge in [0.25, 0.3) is 0 Å². The number of nitrogens with zero attached hydrogens (tertiary/aromatic N) is 5. The number of nitrogens with two attached hydrogens (primary N) is 2. The van der Waals surface area contributed by atoms with E-state index in [9.17, 15) is 9.59 Å². The van der Waals surface area contributed by atoms with Gasteiger partial charge in [0.1, 0.15) is 29.1 Å². The van der Waals surface area contributed by atoms with Gasteiger partial charge in [0.05, 0.1) is 54.8 Å². The fourth-order valence-electron chi connectivity index (χ4n) is 5.39. The molecule has 0 saturated heterocycles. The summed E-state index contributed by atoms with van der Waals surface area (Å²) in [5.74, 6) is -1.78. The van der Waals surface area contributed by atoms with Crippen LogP contribution in [0.2, 0.25) is 5.02 Å². The van der Waals surface area contributed by atoms with Crippen LogP contribution < -0.4 is 31.6 Å². The van der Waals surface area contributed by atoms with E-state index in [0.29, 0.717) is 53.1 Å². The number of pyridine rings is 1. The fraction of sp³-hybridized carbons (Fsp3) is 0.351. The molecular formula is C37H42ClF2N9O5. The molecular weight excluding hydrogens is 724 g/mol. The fourth-order valence-corrected chi connectivity index (χ4v) is 5.55. The van der Waals surface area contributed by atoms with Crippen LogP contribution in [0.3, 0.4) is 0 Å². The Balaban J connectivity index is 1.31. The van der Waals surface area contributed by atoms with Crippen molar-refractivity contribution in [2.75, 3.05) is 31.7 Å². The highest BCUT2D eigenvalue weighted by molar-refractivity contribution is 6.33. The minimum Gasteiger partial charge on any atom is -0.494 e. The van der Waals surface area contributed by atoms with E-state index < -0.39 is 35.6 Å². The monoisotopic (exact) mass is 765 g/mol. The quantitative estimate of drug-likeness (QED) is 0.0628. The number of hydrogen-bond donors (Lipinski definition) is 4. The molecule has 14 nitrogen and oxygen atoms in total. The number of anilines is 2. The number of carbonyl (C=O) groups excluding carboxylic acids is 2. The molecule has 6 N–H and O–H groups in total. The minimum absolute atomic E-state index is 0.0124. The van der Waals surface area contributed by atoms with Crippen molar-refractivity contribution in [1.82, 2.24) is 30.0 Å². The molecule has 0 saturated carbocycles. The topological polar surface area (TPSA) is 194 Å². The third kappa shape index (κ3) is 10.1. The average Bonchev–Trinajstić information content (AvgIpc) is 3.52. The third-order valence-corrected chi connectivity index (χ3v) is 8.49. The molecule has 0 fully saturated rings. The maximum Gasteiger partial charge on any atom is 0.328 e. The van der Waals surface area contributed by atoms with E-state index in [0.717, 1.165) is 18.6 Å². The summed E-state index contributed by atoms with van der Waals surface area (Å²) in [6.07, 6.45) is 6.71. The Labute approximate surface area is 315 Å². The molecule has 0 aliphatic rings. The summed E-state index contributed by atoms with van der Waals surface area (Å²) in [5.41, 5.74) is 12.7. The summed E-state index contributed by atoms with van der Waals surface area (Å²) >= 11 is 6.39. The lowest BCUT2D eigenvalue weighted by Crippen LogP contribution is -2.47. The van der Waals surface area contributed by atoms with Gasteiger partial charge in [0, 0.05) is 41.9 Å². The molecule has 0 radical (unpaired) electrons. The second-order valence-electron chi connectivity index (χ2n) is 12.2. The van der Waals surface area contributed by atoms with Crippen molar-refractivity contribution in [3.8, 4) is 23.0 Å². The predicted octanol–water partition coefficient (Wildman–Crippen LogP) is 5.28. The van der Waals surface area contributed by atoms with Gasteiger partial charge in [-0.25, -0.2) is 23.5 Å². The van der Waals surface area contributed by atoms with Gasteiger partial charge in [-0.2, -0.15) is 5.10 Å². The van der Waals surface area contributed by atoms with Crippen LogP contribution in [0.5, 0.6) is 11.5 Å². The number of carbonyl (C=O) groups is 2. The maximum absolute atomic E-state index is 15.1. The normalized spacial score (nSPS) is 12.3. The van der Waals surface area contributed by atoms with E-state index >= 15 is 8.78 Å². The highest BCUT2D eigenvalue weighted by Crippen LogP contribution is 2.33. The van der Waals surface area contributed by atoms with Crippen LogP contribution in [0.1, 0.15) is 45.1 Å². The molecule has 54 heavy (non-hydrogen) atoms. The van der Waals surface area contributed by atoms with E-state index in [1.54, 1.807) is 31.3 Å². The summed E-state index contributed by atoms with van der Waals surface area (Å²) in [6, 6.07) is 9.51. The molecule has 2 aromatic carbocycles. The smallest absolute Gasteiger partial charge is 0.328 e. The number of halogens is 3. The van der Waals surface area contributed by atoms with Crippen molar-refractivity contribution < 1.29 is 32.6 Å². The number of amides is 1. The molecule has 3 heterocycles. The van der Waals surface area contributed by atoms with E-state index in [-0.39, 0.29) is 55.1 Å². The molecule has 0 aliphatic carbocycles. The Kier molecular flexibility index (Phi) is 14.0. The number of esters is 1. The van der Waals surface area contributed by atoms with Crippen LogP contribution in [-0.2, 0) is 20.9 Å². The van der Waals surface area contributed by atoms with Gasteiger partial charge >= 0.3 is 5.97 Å². The maximum atomic E-state index is 15.1. The zero-order valence-corrected chi connectivity index (χ0v) is 30.6. The van der Waals surface area contributed by atoms with Crippen molar-refractivity contribution in [1.29, 1.82) is 0 Å². The second-order valence-corrected chi connectivity index (χ2v) is 12.6. The molecule has 5 aromatic rings. The highest BCUT2D eigenvalue weighted by atomic mass is 35.5. The van der Waals surface area contributed by atoms with E-state index in [4.69, 9.17) is 42.3 Å². The van der Waals surface area contributed by atoms with Gasteiger partial charge < -0.3 is 36.3 Å². The van der Waals surface area contributed by atoms with Crippen molar-refractivity contribution in [2.24, 2.45) is 11.5 Å². The lowest BCUT2D eigenvalue weighted by molar-refractivity contribution is -0.147. The number of benzene rings is 2. The standard InChI is InChI=1S/C37H42ClF2N9O5/c1-3-52-23-17-27(39)25(28(40)18-23)21-49-31-11-5-4-9-24(31)33(48-49)35-44-20-32(34(47-35)46-30-12-14-43-19-26(30)38)53-15-8-16-54-37(51)22(2)45-36(50)29(42)10-6-7-13-41/h4-5,9,11-12,14,17-20,22,29H,3,6-8,10,13,15-16,21,41-42H2,1-2H3,(H,45,50)(H,43,44,46,47). The van der Waals surface area contributed by atoms with E-state index in [2.05, 4.69) is 25.7 Å². The number of nitrogens with one attached hydrogen (secondary N) is 2. The van der Waals surface area contributed by atoms with Gasteiger partial charge in [0.15, 0.2) is 17.4 Å². The van der Waals surface area contributed by atoms with Gasteiger partial charge in [-0.3, -0.25) is 14.5 Å². The predicted molar refractivity (Wildman–Crippen MR) is 199 cm³/mol. The summed E-state index contributed by atoms with van der Waals surface area (Å²) in [4.78, 5) is 38.1. The first-order valence-electron chi connectivity index (χ1n) is 17.4. The molecule has 2 atom stereocenters. The van der Waals surface area contributed by atoms with Crippen LogP contribution in [0.15, 0.2) is 61.1 Å². The zero-order chi connectivity index (χ0) is 38.6. The number of ether oxygens (including phenoxy) is 3. The van der Waals surface area contributed by atoms with Gasteiger partial charge in [0.2, 0.25) is 5.91 Å². The average molecular weight is 766 g/mol. The number of rotatable bonds is 19. The zero-order valence-electron chi connectivity index (χ0n) is 29.9. The van der Waals surface area contributed by atoms with E-state index in [1.165, 1.54) is 24.0 Å². The number of fused-ring (bicyclic) bond motifs is 1. The largest absolute Gasteiger partial charge is 0.494 e. The van der Waals surface area contributed by atoms with Crippen LogP contribution in [0.25, 0.3) is 22.4 Å². The Hall–Kier alpha value is -5.45. The lowest BCUT2D eigenvalue weighted by Gasteiger charge is -2.17. The summed E-state index contributed by atoms with van der Waals surface area (Å²) in [6.45, 7) is 3.95. The lowest BCUT2D eigenvalue weighted by atomic mass is 10.1. The second kappa shape index (κ2) is 19.0. The van der Waals surface area contributed by atoms with Crippen molar-refractivity contribution in [3.05, 3.63) is 83.3 Å². The Morgan fingerprint density at radius 2 is 1.81 bits per heavy atom. The number of aromatic nitrogens is 5. The van der Waals surface area contributed by atoms with Crippen LogP contribution in [-0.4, -0.2) is 75.1 Å². The summed E-state index contributed by atoms with van der Waals surface area (Å²) < 4.78 is 48.2. The minimum atomic E-state index is -0.889. The first-order chi connectivity index (χ1) is 26.1. The number of para-hydroxylation sites is 1. The van der Waals surface area contributed by atoms with Crippen molar-refractivity contribution >= 4 is 45.9 Å². The molecule has 0 bridgehead atoms. The Morgan fingerprint density at radius 1 is 1.04 bits per heavy atom.